The number of rotatable bonds is 4. The number of nitrogens with zero attached hydrogens (tertiary/aromatic N) is 4. The molecule has 7 aromatic rings. The van der Waals surface area contributed by atoms with E-state index in [1.165, 1.54) is 45.5 Å². The number of pyridine rings is 2. The highest BCUT2D eigenvalue weighted by Gasteiger charge is 2.35. The van der Waals surface area contributed by atoms with Crippen molar-refractivity contribution in [2.45, 2.75) is 9.79 Å². The molecule has 0 unspecified atom stereocenters. The number of quaternary nitrogens is 2. The number of benzene rings is 7. The van der Waals surface area contributed by atoms with Crippen LogP contribution in [0.25, 0.3) is 98.3 Å². The summed E-state index contributed by atoms with van der Waals surface area (Å²) in [5.74, 6) is 6.87. The van der Waals surface area contributed by atoms with Crippen LogP contribution in [0.4, 0.5) is 0 Å². The molecule has 4 aliphatic heterocycles. The molecule has 6 N–H and O–H groups in total. The Balaban J connectivity index is 1.26. The van der Waals surface area contributed by atoms with Gasteiger partial charge in [-0.15, -0.1) is 9.13 Å². The summed E-state index contributed by atoms with van der Waals surface area (Å²) in [6.07, 6.45) is 0. The van der Waals surface area contributed by atoms with Crippen molar-refractivity contribution in [1.29, 1.82) is 0 Å². The first kappa shape index (κ1) is 29.6. The molecule has 0 amide bonds. The van der Waals surface area contributed by atoms with Crippen LogP contribution in [-0.2, 0) is 28.8 Å². The second-order valence-electron chi connectivity index (χ2n) is 12.7. The molecule has 14 nitrogen and oxygen atoms in total. The smallest absolute Gasteiger partial charge is 0.240 e. The lowest BCUT2D eigenvalue weighted by atomic mass is 9.86. The quantitative estimate of drug-likeness (QED) is 0.115. The topological polar surface area (TPSA) is 210 Å². The Morgan fingerprint density at radius 2 is 0.788 bits per heavy atom. The Kier molecular flexibility index (Phi) is 5.34. The van der Waals surface area contributed by atoms with E-state index in [0.717, 1.165) is 43.1 Å². The maximum Gasteiger partial charge on any atom is 0.347 e. The van der Waals surface area contributed by atoms with E-state index in [9.17, 15) is 26.4 Å². The fourth-order valence-corrected chi connectivity index (χ4v) is 9.45. The first-order valence-corrected chi connectivity index (χ1v) is 18.6. The minimum atomic E-state index is -4.09. The van der Waals surface area contributed by atoms with Crippen LogP contribution >= 0.6 is 0 Å². The summed E-state index contributed by atoms with van der Waals surface area (Å²) in [7, 11) is -8.18. The van der Waals surface area contributed by atoms with Gasteiger partial charge in [-0.05, 0) is 90.8 Å². The summed E-state index contributed by atoms with van der Waals surface area (Å²) < 4.78 is 61.4. The molecule has 0 saturated carbocycles. The van der Waals surface area contributed by atoms with Gasteiger partial charge in [0, 0.05) is 22.9 Å². The molecule has 250 valence electrons. The highest BCUT2D eigenvalue weighted by atomic mass is 32.2. The Labute approximate surface area is 289 Å². The summed E-state index contributed by atoms with van der Waals surface area (Å²) in [4.78, 5) is 37.7. The summed E-state index contributed by atoms with van der Waals surface area (Å²) >= 11 is 0. The average molecular weight is 729 g/mol. The van der Waals surface area contributed by atoms with Crippen molar-refractivity contribution in [3.8, 4) is 11.6 Å². The number of aromatic nitrogens is 4. The molecule has 0 spiro atoms. The third-order valence-electron chi connectivity index (χ3n) is 10.4. The molecule has 4 heterocycles. The standard InChI is InChI=1S/C36H20N6O8S2/c37-49-51(45,46)15-1-11-27-25(13-15)39-33-21-7-3-17-18-4-8-22-32-24(36(44)42-28-12-2-16(52(47,48)50-38)14-26(28)40-34(22)42)10-6-20(30(18)32)19-5-9-23(31(21)29(17)19)35(43)41(27)33/h1-14H,37-38H3/q+4. The van der Waals surface area contributed by atoms with Crippen molar-refractivity contribution in [2.75, 3.05) is 0 Å². The van der Waals surface area contributed by atoms with E-state index in [4.69, 9.17) is 9.97 Å². The zero-order valence-electron chi connectivity index (χ0n) is 26.4. The highest BCUT2D eigenvalue weighted by molar-refractivity contribution is 7.86. The largest absolute Gasteiger partial charge is 0.347 e. The third-order valence-corrected chi connectivity index (χ3v) is 12.7. The Morgan fingerprint density at radius 3 is 1.15 bits per heavy atom. The average Bonchev–Trinajstić information content (AvgIpc) is 3.74. The van der Waals surface area contributed by atoms with E-state index in [1.807, 2.05) is 36.4 Å². The molecular formula is C36H20N6O8S2+4. The van der Waals surface area contributed by atoms with Crippen LogP contribution in [0.15, 0.2) is 104 Å². The molecule has 52 heavy (non-hydrogen) atoms. The van der Waals surface area contributed by atoms with Gasteiger partial charge in [0.05, 0.1) is 21.5 Å². The fourth-order valence-electron chi connectivity index (χ4n) is 8.20. The molecule has 0 bridgehead atoms. The van der Waals surface area contributed by atoms with E-state index in [0.29, 0.717) is 55.2 Å². The monoisotopic (exact) mass is 728 g/mol. The second-order valence-corrected chi connectivity index (χ2v) is 16.0. The molecule has 0 radical (unpaired) electrons. The molecular weight excluding hydrogens is 709 g/mol. The van der Waals surface area contributed by atoms with Gasteiger partial charge in [-0.25, -0.2) is 9.59 Å². The Hall–Kier alpha value is -6.14. The van der Waals surface area contributed by atoms with Crippen molar-refractivity contribution in [3.63, 3.8) is 0 Å². The minimum absolute atomic E-state index is 0.125. The van der Waals surface area contributed by atoms with E-state index < -0.39 is 20.2 Å². The predicted molar refractivity (Wildman–Crippen MR) is 187 cm³/mol. The lowest BCUT2D eigenvalue weighted by Gasteiger charge is -2.17. The molecule has 0 aliphatic carbocycles. The fraction of sp³-hybridized carbons (Fsp3) is 0. The van der Waals surface area contributed by atoms with E-state index in [1.54, 1.807) is 12.1 Å². The number of hydrogen-bond donors (Lipinski definition) is 2. The number of hydrogen-bond acceptors (Lipinski definition) is 10. The maximum atomic E-state index is 14.2. The molecule has 0 saturated heterocycles. The van der Waals surface area contributed by atoms with Gasteiger partial charge in [-0.3, -0.25) is 0 Å². The van der Waals surface area contributed by atoms with Crippen LogP contribution in [0, 0.1) is 0 Å². The zero-order valence-corrected chi connectivity index (χ0v) is 28.0. The zero-order chi connectivity index (χ0) is 35.6. The SMILES string of the molecule is [NH3+]OS(=O)(=O)c1ccc2c(c1)nc1c3ccc4c5ccc6c7nc8cc(S(=O)(=O)O[NH3+])ccc8[n+]-7c(=O)c7ccc(c8ccc(c(=O)[n+]2-1)c3c48)c5c67. The molecule has 0 fully saturated rings. The van der Waals surface area contributed by atoms with Gasteiger partial charge >= 0.3 is 43.0 Å². The van der Waals surface area contributed by atoms with Crippen molar-refractivity contribution in [2.24, 2.45) is 0 Å². The van der Waals surface area contributed by atoms with Crippen molar-refractivity contribution in [1.82, 2.24) is 9.97 Å². The molecule has 7 aromatic carbocycles. The van der Waals surface area contributed by atoms with Crippen molar-refractivity contribution >= 4 is 107 Å². The van der Waals surface area contributed by atoms with E-state index in [2.05, 4.69) is 20.4 Å². The molecule has 4 aliphatic rings. The van der Waals surface area contributed by atoms with Gasteiger partial charge in [0.1, 0.15) is 9.79 Å². The van der Waals surface area contributed by atoms with E-state index in [-0.39, 0.29) is 20.9 Å². The molecule has 0 atom stereocenters. The first-order valence-electron chi connectivity index (χ1n) is 15.7. The van der Waals surface area contributed by atoms with Gasteiger partial charge in [-0.1, -0.05) is 32.8 Å². The van der Waals surface area contributed by atoms with Crippen LogP contribution in [0.2, 0.25) is 0 Å². The van der Waals surface area contributed by atoms with Crippen LogP contribution in [0.5, 0.6) is 0 Å². The summed E-state index contributed by atoms with van der Waals surface area (Å²) in [6.45, 7) is 0. The maximum absolute atomic E-state index is 14.2. The van der Waals surface area contributed by atoms with E-state index >= 15 is 0 Å². The van der Waals surface area contributed by atoms with Gasteiger partial charge in [0.25, 0.3) is 0 Å². The van der Waals surface area contributed by atoms with Crippen LogP contribution < -0.4 is 32.0 Å². The van der Waals surface area contributed by atoms with Crippen molar-refractivity contribution < 1.29 is 46.3 Å². The first-order chi connectivity index (χ1) is 25.0. The van der Waals surface area contributed by atoms with Gasteiger partial charge < -0.3 is 0 Å². The van der Waals surface area contributed by atoms with Crippen molar-refractivity contribution in [3.05, 3.63) is 106 Å². The molecule has 11 rings (SSSR count). The van der Waals surface area contributed by atoms with Gasteiger partial charge in [0.15, 0.2) is 11.0 Å². The van der Waals surface area contributed by atoms with Crippen LogP contribution in [0.3, 0.4) is 0 Å². The second kappa shape index (κ2) is 9.39. The molecule has 16 heteroatoms. The Morgan fingerprint density at radius 1 is 0.462 bits per heavy atom. The normalized spacial score (nSPS) is 13.4. The summed E-state index contributed by atoms with van der Waals surface area (Å²) in [6, 6.07) is 23.7. The Bertz CT molecular complexity index is 3430. The summed E-state index contributed by atoms with van der Waals surface area (Å²) in [5, 5.41) is 9.06. The van der Waals surface area contributed by atoms with Gasteiger partial charge in [-0.2, -0.15) is 28.6 Å². The third kappa shape index (κ3) is 3.40. The lowest BCUT2D eigenvalue weighted by molar-refractivity contribution is -0.635. The number of imidazole rings is 2. The number of fused-ring (bicyclic) bond motifs is 10. The lowest BCUT2D eigenvalue weighted by Crippen LogP contribution is -2.51. The van der Waals surface area contributed by atoms with Crippen LogP contribution in [0.1, 0.15) is 0 Å². The highest BCUT2D eigenvalue weighted by Crippen LogP contribution is 2.45. The minimum Gasteiger partial charge on any atom is -0.240 e. The predicted octanol–water partition coefficient (Wildman–Crippen LogP) is 1.33. The molecule has 0 aromatic heterocycles. The van der Waals surface area contributed by atoms with Gasteiger partial charge in [0.2, 0.25) is 11.0 Å². The van der Waals surface area contributed by atoms with Crippen LogP contribution in [-0.4, -0.2) is 26.8 Å². The summed E-state index contributed by atoms with van der Waals surface area (Å²) in [5.41, 5.74) is 0.944.